The van der Waals surface area contributed by atoms with Crippen molar-refractivity contribution >= 4 is 63.2 Å². The second-order valence-electron chi connectivity index (χ2n) is 9.13. The van der Waals surface area contributed by atoms with Gasteiger partial charge in [-0.1, -0.05) is 91.0 Å². The number of rotatable bonds is 5. The van der Waals surface area contributed by atoms with Gasteiger partial charge in [0.1, 0.15) is 0 Å². The Hall–Kier alpha value is -4.46. The summed E-state index contributed by atoms with van der Waals surface area (Å²) >= 11 is 0. The van der Waals surface area contributed by atoms with Crippen molar-refractivity contribution in [2.45, 2.75) is 0 Å². The third-order valence-electron chi connectivity index (χ3n) is 7.02. The van der Waals surface area contributed by atoms with Crippen molar-refractivity contribution in [2.75, 3.05) is 5.32 Å². The highest BCUT2D eigenvalue weighted by molar-refractivity contribution is 7.79. The Bertz CT molecular complexity index is 1760. The summed E-state index contributed by atoms with van der Waals surface area (Å²) in [4.78, 5) is 0. The molecule has 0 saturated heterocycles. The first-order valence-electron chi connectivity index (χ1n) is 12.4. The molecule has 0 aliphatic carbocycles. The van der Waals surface area contributed by atoms with Crippen molar-refractivity contribution in [1.29, 1.82) is 5.41 Å². The molecule has 0 spiro atoms. The molecule has 2 N–H and O–H groups in total. The number of anilines is 1. The minimum absolute atomic E-state index is 0.644. The summed E-state index contributed by atoms with van der Waals surface area (Å²) in [5.41, 5.74) is 6.69. The lowest BCUT2D eigenvalue weighted by atomic mass is 9.98. The van der Waals surface area contributed by atoms with E-state index in [0.29, 0.717) is 0 Å². The second kappa shape index (κ2) is 8.89. The van der Waals surface area contributed by atoms with Gasteiger partial charge in [-0.3, -0.25) is 0 Å². The molecular weight excluding hydrogens is 469 g/mol. The standard InChI is InChI=1S/C33H24N3P/c34-22-21-28-27-13-7-15-30-32(27)33-29(35-28)14-8-16-31(33)36(30)23-17-19-26(20-18-23)37(24-9-3-1-4-10-24)25-11-5-2-6-12-25/h1-22,34-35H/b28-21-,34-22?. The van der Waals surface area contributed by atoms with Crippen molar-refractivity contribution in [1.82, 2.24) is 4.57 Å². The smallest absolute Gasteiger partial charge is 0.0562 e. The Morgan fingerprint density at radius 2 is 1.19 bits per heavy atom. The van der Waals surface area contributed by atoms with E-state index in [1.54, 1.807) is 0 Å². The van der Waals surface area contributed by atoms with Crippen LogP contribution in [0.3, 0.4) is 0 Å². The van der Waals surface area contributed by atoms with Gasteiger partial charge in [0, 0.05) is 39.6 Å². The third-order valence-corrected chi connectivity index (χ3v) is 9.46. The molecule has 3 nitrogen and oxygen atoms in total. The molecule has 2 heterocycles. The zero-order valence-corrected chi connectivity index (χ0v) is 21.0. The van der Waals surface area contributed by atoms with Crippen LogP contribution in [-0.4, -0.2) is 10.8 Å². The Labute approximate surface area is 217 Å². The molecule has 0 unspecified atom stereocenters. The number of hydrogen-bond acceptors (Lipinski definition) is 2. The maximum Gasteiger partial charge on any atom is 0.0562 e. The van der Waals surface area contributed by atoms with Crippen LogP contribution in [0.1, 0.15) is 5.56 Å². The molecule has 0 radical (unpaired) electrons. The van der Waals surface area contributed by atoms with Gasteiger partial charge in [-0.15, -0.1) is 0 Å². The van der Waals surface area contributed by atoms with Gasteiger partial charge in [-0.25, -0.2) is 0 Å². The maximum atomic E-state index is 7.63. The SMILES string of the molecule is N=C/C=C1\Nc2cccc3c2c2c1cccc2n3-c1ccc(P(c2ccccc2)c2ccccc2)cc1. The summed E-state index contributed by atoms with van der Waals surface area (Å²) < 4.78 is 2.36. The number of benzene rings is 5. The van der Waals surface area contributed by atoms with Crippen LogP contribution in [0.5, 0.6) is 0 Å². The molecular formula is C33H24N3P. The quantitative estimate of drug-likeness (QED) is 0.198. The highest BCUT2D eigenvalue weighted by Crippen LogP contribution is 2.44. The van der Waals surface area contributed by atoms with Gasteiger partial charge in [0.15, 0.2) is 0 Å². The van der Waals surface area contributed by atoms with E-state index >= 15 is 0 Å². The number of nitrogens with zero attached hydrogens (tertiary/aromatic N) is 1. The Balaban J connectivity index is 1.41. The molecule has 37 heavy (non-hydrogen) atoms. The Morgan fingerprint density at radius 3 is 1.84 bits per heavy atom. The fourth-order valence-corrected chi connectivity index (χ4v) is 7.78. The lowest BCUT2D eigenvalue weighted by Crippen LogP contribution is -2.20. The van der Waals surface area contributed by atoms with E-state index in [1.165, 1.54) is 43.9 Å². The largest absolute Gasteiger partial charge is 0.354 e. The van der Waals surface area contributed by atoms with E-state index in [0.717, 1.165) is 22.6 Å². The summed E-state index contributed by atoms with van der Waals surface area (Å²) in [5, 5.41) is 17.7. The van der Waals surface area contributed by atoms with Gasteiger partial charge < -0.3 is 15.3 Å². The molecule has 1 aliphatic rings. The van der Waals surface area contributed by atoms with Gasteiger partial charge in [-0.2, -0.15) is 0 Å². The molecule has 0 amide bonds. The van der Waals surface area contributed by atoms with Crippen LogP contribution in [0.4, 0.5) is 5.69 Å². The van der Waals surface area contributed by atoms with Crippen molar-refractivity contribution in [3.63, 3.8) is 0 Å². The van der Waals surface area contributed by atoms with Gasteiger partial charge in [0.2, 0.25) is 0 Å². The summed E-state index contributed by atoms with van der Waals surface area (Å²) in [6.45, 7) is 0. The summed E-state index contributed by atoms with van der Waals surface area (Å²) in [5.74, 6) is 0. The first kappa shape index (κ1) is 21.8. The van der Waals surface area contributed by atoms with Crippen molar-refractivity contribution < 1.29 is 0 Å². The summed E-state index contributed by atoms with van der Waals surface area (Å²) in [7, 11) is -0.644. The highest BCUT2D eigenvalue weighted by Gasteiger charge is 2.23. The van der Waals surface area contributed by atoms with E-state index in [4.69, 9.17) is 5.41 Å². The number of nitrogens with one attached hydrogen (secondary N) is 2. The van der Waals surface area contributed by atoms with Crippen LogP contribution in [-0.2, 0) is 0 Å². The first-order valence-corrected chi connectivity index (χ1v) is 13.7. The van der Waals surface area contributed by atoms with E-state index < -0.39 is 7.92 Å². The van der Waals surface area contributed by atoms with Crippen LogP contribution in [0, 0.1) is 5.41 Å². The van der Waals surface area contributed by atoms with Crippen LogP contribution in [0.2, 0.25) is 0 Å². The lowest BCUT2D eigenvalue weighted by molar-refractivity contribution is 1.18. The Kier molecular flexibility index (Phi) is 5.23. The molecule has 1 aromatic heterocycles. The minimum atomic E-state index is -0.644. The minimum Gasteiger partial charge on any atom is -0.354 e. The molecule has 0 saturated carbocycles. The fourth-order valence-electron chi connectivity index (χ4n) is 5.49. The van der Waals surface area contributed by atoms with Crippen molar-refractivity contribution in [2.24, 2.45) is 0 Å². The molecule has 0 fully saturated rings. The lowest BCUT2D eigenvalue weighted by Gasteiger charge is -2.20. The van der Waals surface area contributed by atoms with Gasteiger partial charge in [-0.05, 0) is 60.2 Å². The first-order chi connectivity index (χ1) is 18.3. The van der Waals surface area contributed by atoms with Crippen LogP contribution >= 0.6 is 7.92 Å². The molecule has 0 bridgehead atoms. The van der Waals surface area contributed by atoms with Crippen molar-refractivity contribution in [3.05, 3.63) is 133 Å². The van der Waals surface area contributed by atoms with E-state index in [9.17, 15) is 0 Å². The summed E-state index contributed by atoms with van der Waals surface area (Å²) in [6.07, 6.45) is 3.18. The number of hydrogen-bond donors (Lipinski definition) is 2. The Morgan fingerprint density at radius 1 is 0.595 bits per heavy atom. The molecule has 1 aliphatic heterocycles. The highest BCUT2D eigenvalue weighted by atomic mass is 31.1. The topological polar surface area (TPSA) is 40.8 Å². The van der Waals surface area contributed by atoms with Crippen LogP contribution < -0.4 is 21.2 Å². The average Bonchev–Trinajstić information content (AvgIpc) is 3.30. The van der Waals surface area contributed by atoms with E-state index in [2.05, 4.69) is 131 Å². The normalized spacial score (nSPS) is 13.5. The number of aromatic nitrogens is 1. The molecule has 0 atom stereocenters. The number of allylic oxidation sites excluding steroid dienone is 1. The molecule has 176 valence electrons. The monoisotopic (exact) mass is 493 g/mol. The molecule has 7 rings (SSSR count). The summed E-state index contributed by atoms with van der Waals surface area (Å²) in [6, 6.07) is 43.6. The average molecular weight is 494 g/mol. The van der Waals surface area contributed by atoms with Gasteiger partial charge in [0.25, 0.3) is 0 Å². The predicted octanol–water partition coefficient (Wildman–Crippen LogP) is 6.96. The van der Waals surface area contributed by atoms with E-state index in [-0.39, 0.29) is 0 Å². The van der Waals surface area contributed by atoms with Crippen LogP contribution in [0.25, 0.3) is 33.2 Å². The van der Waals surface area contributed by atoms with Crippen molar-refractivity contribution in [3.8, 4) is 5.69 Å². The zero-order valence-electron chi connectivity index (χ0n) is 20.1. The fraction of sp³-hybridized carbons (Fsp3) is 0. The maximum absolute atomic E-state index is 7.63. The van der Waals surface area contributed by atoms with Gasteiger partial charge >= 0.3 is 0 Å². The predicted molar refractivity (Wildman–Crippen MR) is 160 cm³/mol. The molecule has 6 aromatic rings. The van der Waals surface area contributed by atoms with Crippen LogP contribution in [0.15, 0.2) is 127 Å². The van der Waals surface area contributed by atoms with E-state index in [1.807, 2.05) is 6.08 Å². The molecule has 5 aromatic carbocycles. The third kappa shape index (κ3) is 3.51. The molecule has 4 heteroatoms. The zero-order chi connectivity index (χ0) is 24.8. The second-order valence-corrected chi connectivity index (χ2v) is 11.3. The van der Waals surface area contributed by atoms with Gasteiger partial charge in [0.05, 0.1) is 11.0 Å².